The number of likely N-dealkylation sites (tertiary alicyclic amines) is 1. The molecular weight excluding hydrogens is 244 g/mol. The van der Waals surface area contributed by atoms with E-state index in [4.69, 9.17) is 5.73 Å². The maximum atomic E-state index is 6.36. The first kappa shape index (κ1) is 15.5. The average molecular weight is 274 g/mol. The molecule has 2 rings (SSSR count). The number of benzene rings is 1. The molecule has 0 aliphatic carbocycles. The Morgan fingerprint density at radius 2 is 1.95 bits per heavy atom. The van der Waals surface area contributed by atoms with E-state index in [1.807, 2.05) is 0 Å². The van der Waals surface area contributed by atoms with Crippen molar-refractivity contribution in [3.05, 3.63) is 35.4 Å². The van der Waals surface area contributed by atoms with Gasteiger partial charge in [-0.25, -0.2) is 0 Å². The zero-order valence-electron chi connectivity index (χ0n) is 13.6. The molecule has 2 nitrogen and oxygen atoms in total. The van der Waals surface area contributed by atoms with Crippen molar-refractivity contribution in [1.29, 1.82) is 0 Å². The monoisotopic (exact) mass is 274 g/mol. The van der Waals surface area contributed by atoms with Gasteiger partial charge in [0, 0.05) is 24.7 Å². The number of hydrogen-bond acceptors (Lipinski definition) is 2. The van der Waals surface area contributed by atoms with E-state index in [-0.39, 0.29) is 6.04 Å². The lowest BCUT2D eigenvalue weighted by atomic mass is 9.83. The van der Waals surface area contributed by atoms with E-state index in [1.165, 1.54) is 17.5 Å². The highest BCUT2D eigenvalue weighted by molar-refractivity contribution is 5.26. The topological polar surface area (TPSA) is 29.3 Å². The first-order valence-electron chi connectivity index (χ1n) is 7.98. The van der Waals surface area contributed by atoms with Crippen LogP contribution in [0.3, 0.4) is 0 Å². The molecule has 0 aromatic heterocycles. The number of rotatable bonds is 3. The lowest BCUT2D eigenvalue weighted by Crippen LogP contribution is -2.51. The van der Waals surface area contributed by atoms with Crippen molar-refractivity contribution in [2.24, 2.45) is 17.6 Å². The summed E-state index contributed by atoms with van der Waals surface area (Å²) < 4.78 is 0. The Kier molecular flexibility index (Phi) is 4.87. The molecule has 5 unspecified atom stereocenters. The van der Waals surface area contributed by atoms with Crippen LogP contribution in [-0.4, -0.2) is 23.5 Å². The van der Waals surface area contributed by atoms with Crippen molar-refractivity contribution in [3.63, 3.8) is 0 Å². The minimum Gasteiger partial charge on any atom is -0.326 e. The Labute approximate surface area is 124 Å². The number of piperidine rings is 1. The summed E-state index contributed by atoms with van der Waals surface area (Å²) in [7, 11) is 0. The van der Waals surface area contributed by atoms with Gasteiger partial charge in [0.2, 0.25) is 0 Å². The second kappa shape index (κ2) is 6.28. The van der Waals surface area contributed by atoms with Crippen LogP contribution < -0.4 is 5.73 Å². The molecule has 0 spiro atoms. The van der Waals surface area contributed by atoms with Gasteiger partial charge in [-0.1, -0.05) is 43.7 Å². The van der Waals surface area contributed by atoms with Crippen LogP contribution in [0.5, 0.6) is 0 Å². The third-order valence-electron chi connectivity index (χ3n) is 4.88. The summed E-state index contributed by atoms with van der Waals surface area (Å²) in [5.41, 5.74) is 9.05. The first-order valence-corrected chi connectivity index (χ1v) is 7.98. The van der Waals surface area contributed by atoms with Gasteiger partial charge < -0.3 is 5.73 Å². The summed E-state index contributed by atoms with van der Waals surface area (Å²) >= 11 is 0. The Morgan fingerprint density at radius 3 is 2.55 bits per heavy atom. The maximum Gasteiger partial charge on any atom is 0.0499 e. The first-order chi connectivity index (χ1) is 9.40. The second-order valence-electron chi connectivity index (χ2n) is 6.97. The number of nitrogens with two attached hydrogens (primary N) is 1. The third-order valence-corrected chi connectivity index (χ3v) is 4.88. The molecule has 1 aromatic carbocycles. The summed E-state index contributed by atoms with van der Waals surface area (Å²) in [6.45, 7) is 12.6. The number of nitrogens with zero attached hydrogens (tertiary/aromatic N) is 1. The van der Waals surface area contributed by atoms with E-state index < -0.39 is 0 Å². The highest BCUT2D eigenvalue weighted by atomic mass is 15.2. The molecule has 0 bridgehead atoms. The lowest BCUT2D eigenvalue weighted by molar-refractivity contribution is 0.0314. The van der Waals surface area contributed by atoms with Crippen molar-refractivity contribution < 1.29 is 0 Å². The maximum absolute atomic E-state index is 6.36. The van der Waals surface area contributed by atoms with Crippen LogP contribution in [0.4, 0.5) is 0 Å². The average Bonchev–Trinajstić information content (AvgIpc) is 2.35. The van der Waals surface area contributed by atoms with Crippen LogP contribution in [0.25, 0.3) is 0 Å². The summed E-state index contributed by atoms with van der Waals surface area (Å²) in [5, 5.41) is 0. The van der Waals surface area contributed by atoms with Crippen molar-refractivity contribution >= 4 is 0 Å². The minimum absolute atomic E-state index is 0.150. The van der Waals surface area contributed by atoms with E-state index in [9.17, 15) is 0 Å². The standard InChI is InChI=1S/C18H30N2/c1-12-7-6-8-17(10-12)18(15(4)19)20-11-13(2)9-14(3)16(20)5/h6-8,10,13-16,18H,9,11,19H2,1-5H3. The van der Waals surface area contributed by atoms with Crippen LogP contribution >= 0.6 is 0 Å². The van der Waals surface area contributed by atoms with Crippen molar-refractivity contribution in [2.45, 2.75) is 59.2 Å². The molecule has 1 aromatic rings. The fourth-order valence-corrected chi connectivity index (χ4v) is 3.78. The zero-order chi connectivity index (χ0) is 14.9. The molecule has 1 aliphatic heterocycles. The molecule has 20 heavy (non-hydrogen) atoms. The zero-order valence-corrected chi connectivity index (χ0v) is 13.6. The van der Waals surface area contributed by atoms with Crippen LogP contribution in [0.2, 0.25) is 0 Å². The SMILES string of the molecule is Cc1cccc(C(C(C)N)N2CC(C)CC(C)C2C)c1. The Morgan fingerprint density at radius 1 is 1.25 bits per heavy atom. The van der Waals surface area contributed by atoms with Crippen molar-refractivity contribution in [1.82, 2.24) is 4.90 Å². The molecule has 1 fully saturated rings. The van der Waals surface area contributed by atoms with Crippen molar-refractivity contribution in [3.8, 4) is 0 Å². The van der Waals surface area contributed by atoms with Gasteiger partial charge in [-0.3, -0.25) is 4.90 Å². The molecule has 112 valence electrons. The van der Waals surface area contributed by atoms with Gasteiger partial charge in [0.05, 0.1) is 0 Å². The normalized spacial score (nSPS) is 31.0. The second-order valence-corrected chi connectivity index (χ2v) is 6.97. The van der Waals surface area contributed by atoms with Crippen LogP contribution in [0, 0.1) is 18.8 Å². The minimum atomic E-state index is 0.150. The van der Waals surface area contributed by atoms with E-state index in [2.05, 4.69) is 63.8 Å². The van der Waals surface area contributed by atoms with Crippen LogP contribution in [-0.2, 0) is 0 Å². The molecular formula is C18H30N2. The fraction of sp³-hybridized carbons (Fsp3) is 0.667. The van der Waals surface area contributed by atoms with Gasteiger partial charge in [-0.15, -0.1) is 0 Å². The number of hydrogen-bond donors (Lipinski definition) is 1. The fourth-order valence-electron chi connectivity index (χ4n) is 3.78. The van der Waals surface area contributed by atoms with Gasteiger partial charge >= 0.3 is 0 Å². The predicted octanol–water partition coefficient (Wildman–Crippen LogP) is 3.75. The largest absolute Gasteiger partial charge is 0.326 e. The smallest absolute Gasteiger partial charge is 0.0499 e. The Hall–Kier alpha value is -0.860. The Balaban J connectivity index is 2.32. The predicted molar refractivity (Wildman–Crippen MR) is 86.7 cm³/mol. The summed E-state index contributed by atoms with van der Waals surface area (Å²) in [6.07, 6.45) is 1.33. The summed E-state index contributed by atoms with van der Waals surface area (Å²) in [4.78, 5) is 2.64. The van der Waals surface area contributed by atoms with E-state index >= 15 is 0 Å². The highest BCUT2D eigenvalue weighted by Crippen LogP contribution is 2.35. The van der Waals surface area contributed by atoms with Gasteiger partial charge in [0.25, 0.3) is 0 Å². The molecule has 5 atom stereocenters. The van der Waals surface area contributed by atoms with Gasteiger partial charge in [-0.05, 0) is 44.6 Å². The van der Waals surface area contributed by atoms with E-state index in [1.54, 1.807) is 0 Å². The summed E-state index contributed by atoms with van der Waals surface area (Å²) in [6, 6.07) is 9.92. The highest BCUT2D eigenvalue weighted by Gasteiger charge is 2.35. The molecule has 2 heteroatoms. The molecule has 1 heterocycles. The van der Waals surface area contributed by atoms with Crippen LogP contribution in [0.1, 0.15) is 51.3 Å². The molecule has 0 saturated carbocycles. The molecule has 0 radical (unpaired) electrons. The third kappa shape index (κ3) is 3.24. The Bertz CT molecular complexity index is 441. The summed E-state index contributed by atoms with van der Waals surface area (Å²) in [5.74, 6) is 1.50. The quantitative estimate of drug-likeness (QED) is 0.909. The molecule has 1 saturated heterocycles. The molecule has 2 N–H and O–H groups in total. The van der Waals surface area contributed by atoms with E-state index in [0.29, 0.717) is 12.1 Å². The van der Waals surface area contributed by atoms with E-state index in [0.717, 1.165) is 18.4 Å². The van der Waals surface area contributed by atoms with Gasteiger partial charge in [0.1, 0.15) is 0 Å². The van der Waals surface area contributed by atoms with Gasteiger partial charge in [-0.2, -0.15) is 0 Å². The van der Waals surface area contributed by atoms with Gasteiger partial charge in [0.15, 0.2) is 0 Å². The molecule has 1 aliphatic rings. The molecule has 0 amide bonds. The number of aryl methyl sites for hydroxylation is 1. The van der Waals surface area contributed by atoms with Crippen molar-refractivity contribution in [2.75, 3.05) is 6.54 Å². The van der Waals surface area contributed by atoms with Crippen LogP contribution in [0.15, 0.2) is 24.3 Å². The lowest BCUT2D eigenvalue weighted by Gasteiger charge is -2.47.